The fourth-order valence-corrected chi connectivity index (χ4v) is 2.97. The molecular weight excluding hydrogens is 234 g/mol. The standard InChI is InChI=1S/C16H27N3/c1-13-5-6-16(14(11-13)12-17-2)19(4)15-7-9-18(3)10-8-15/h5-6,11,15,17H,7-10,12H2,1-4H3. The van der Waals surface area contributed by atoms with E-state index in [1.165, 1.54) is 42.7 Å². The number of nitrogens with zero attached hydrogens (tertiary/aromatic N) is 2. The van der Waals surface area contributed by atoms with Crippen LogP contribution >= 0.6 is 0 Å². The molecule has 0 bridgehead atoms. The van der Waals surface area contributed by atoms with Crippen molar-refractivity contribution in [3.8, 4) is 0 Å². The number of hydrogen-bond acceptors (Lipinski definition) is 3. The van der Waals surface area contributed by atoms with E-state index in [0.717, 1.165) is 6.54 Å². The van der Waals surface area contributed by atoms with E-state index in [4.69, 9.17) is 0 Å². The Labute approximate surface area is 117 Å². The number of aryl methyl sites for hydroxylation is 1. The molecule has 1 aromatic carbocycles. The molecule has 1 aliphatic heterocycles. The minimum absolute atomic E-state index is 0.675. The second-order valence-corrected chi connectivity index (χ2v) is 5.81. The van der Waals surface area contributed by atoms with Crippen molar-refractivity contribution in [3.63, 3.8) is 0 Å². The number of nitrogens with one attached hydrogen (secondary N) is 1. The molecule has 1 saturated heterocycles. The van der Waals surface area contributed by atoms with Crippen LogP contribution in [0.5, 0.6) is 0 Å². The molecule has 3 heteroatoms. The zero-order valence-electron chi connectivity index (χ0n) is 12.7. The highest BCUT2D eigenvalue weighted by Gasteiger charge is 2.22. The number of piperidine rings is 1. The lowest BCUT2D eigenvalue weighted by atomic mass is 10.0. The second kappa shape index (κ2) is 6.40. The Hall–Kier alpha value is -1.06. The monoisotopic (exact) mass is 261 g/mol. The van der Waals surface area contributed by atoms with Gasteiger partial charge in [-0.3, -0.25) is 0 Å². The first kappa shape index (κ1) is 14.4. The molecule has 19 heavy (non-hydrogen) atoms. The first-order valence-corrected chi connectivity index (χ1v) is 7.27. The molecule has 3 nitrogen and oxygen atoms in total. The van der Waals surface area contributed by atoms with Gasteiger partial charge >= 0.3 is 0 Å². The van der Waals surface area contributed by atoms with Crippen LogP contribution in [0.3, 0.4) is 0 Å². The highest BCUT2D eigenvalue weighted by atomic mass is 15.2. The molecule has 0 aromatic heterocycles. The van der Waals surface area contributed by atoms with E-state index in [-0.39, 0.29) is 0 Å². The van der Waals surface area contributed by atoms with Crippen LogP contribution in [0, 0.1) is 6.92 Å². The van der Waals surface area contributed by atoms with Crippen molar-refractivity contribution >= 4 is 5.69 Å². The average molecular weight is 261 g/mol. The maximum Gasteiger partial charge on any atom is 0.0411 e. The summed E-state index contributed by atoms with van der Waals surface area (Å²) in [6.07, 6.45) is 2.53. The molecule has 1 aromatic rings. The Kier molecular flexibility index (Phi) is 4.83. The predicted molar refractivity (Wildman–Crippen MR) is 82.9 cm³/mol. The van der Waals surface area contributed by atoms with Crippen molar-refractivity contribution in [2.24, 2.45) is 0 Å². The zero-order valence-corrected chi connectivity index (χ0v) is 12.7. The van der Waals surface area contributed by atoms with Crippen molar-refractivity contribution < 1.29 is 0 Å². The molecule has 0 radical (unpaired) electrons. The van der Waals surface area contributed by atoms with Gasteiger partial charge in [-0.25, -0.2) is 0 Å². The van der Waals surface area contributed by atoms with Gasteiger partial charge in [-0.1, -0.05) is 17.7 Å². The molecule has 0 spiro atoms. The highest BCUT2D eigenvalue weighted by molar-refractivity contribution is 5.55. The largest absolute Gasteiger partial charge is 0.371 e. The Bertz CT molecular complexity index is 408. The average Bonchev–Trinajstić information content (AvgIpc) is 2.39. The smallest absolute Gasteiger partial charge is 0.0411 e. The molecule has 0 saturated carbocycles. The first-order chi connectivity index (χ1) is 9.11. The van der Waals surface area contributed by atoms with Crippen LogP contribution in [0.25, 0.3) is 0 Å². The summed E-state index contributed by atoms with van der Waals surface area (Å²) in [6, 6.07) is 7.48. The normalized spacial score (nSPS) is 17.7. The molecule has 1 N–H and O–H groups in total. The van der Waals surface area contributed by atoms with E-state index >= 15 is 0 Å². The van der Waals surface area contributed by atoms with E-state index in [0.29, 0.717) is 6.04 Å². The molecular formula is C16H27N3. The van der Waals surface area contributed by atoms with Crippen LogP contribution in [-0.2, 0) is 6.54 Å². The summed E-state index contributed by atoms with van der Waals surface area (Å²) in [6.45, 7) is 5.52. The van der Waals surface area contributed by atoms with E-state index in [1.807, 2.05) is 7.05 Å². The maximum absolute atomic E-state index is 3.28. The summed E-state index contributed by atoms with van der Waals surface area (Å²) in [5.41, 5.74) is 4.13. The van der Waals surface area contributed by atoms with Crippen molar-refractivity contribution in [1.29, 1.82) is 0 Å². The molecule has 0 atom stereocenters. The third-order valence-corrected chi connectivity index (χ3v) is 4.22. The van der Waals surface area contributed by atoms with Crippen molar-refractivity contribution in [2.75, 3.05) is 39.1 Å². The van der Waals surface area contributed by atoms with Gasteiger partial charge < -0.3 is 15.1 Å². The van der Waals surface area contributed by atoms with Crippen LogP contribution in [0.15, 0.2) is 18.2 Å². The Morgan fingerprint density at radius 3 is 2.63 bits per heavy atom. The number of hydrogen-bond donors (Lipinski definition) is 1. The van der Waals surface area contributed by atoms with Gasteiger partial charge in [0.15, 0.2) is 0 Å². The van der Waals surface area contributed by atoms with Gasteiger partial charge in [-0.15, -0.1) is 0 Å². The SMILES string of the molecule is CNCc1cc(C)ccc1N(C)C1CCN(C)CC1. The quantitative estimate of drug-likeness (QED) is 0.897. The molecule has 1 heterocycles. The topological polar surface area (TPSA) is 18.5 Å². The van der Waals surface area contributed by atoms with Gasteiger partial charge in [0.25, 0.3) is 0 Å². The third-order valence-electron chi connectivity index (χ3n) is 4.22. The summed E-state index contributed by atoms with van der Waals surface area (Å²) >= 11 is 0. The fraction of sp³-hybridized carbons (Fsp3) is 0.625. The molecule has 1 fully saturated rings. The predicted octanol–water partition coefficient (Wildman–Crippen LogP) is 2.24. The Morgan fingerprint density at radius 1 is 1.32 bits per heavy atom. The van der Waals surface area contributed by atoms with Crippen LogP contribution in [0.2, 0.25) is 0 Å². The number of benzene rings is 1. The molecule has 0 aliphatic carbocycles. The van der Waals surface area contributed by atoms with Gasteiger partial charge in [-0.05, 0) is 58.6 Å². The van der Waals surface area contributed by atoms with E-state index in [1.54, 1.807) is 0 Å². The van der Waals surface area contributed by atoms with E-state index in [9.17, 15) is 0 Å². The van der Waals surface area contributed by atoms with Gasteiger partial charge in [0.1, 0.15) is 0 Å². The molecule has 106 valence electrons. The van der Waals surface area contributed by atoms with Crippen molar-refractivity contribution in [3.05, 3.63) is 29.3 Å². The van der Waals surface area contributed by atoms with E-state index < -0.39 is 0 Å². The summed E-state index contributed by atoms with van der Waals surface area (Å²) in [4.78, 5) is 4.91. The van der Waals surface area contributed by atoms with Gasteiger partial charge in [0, 0.05) is 25.3 Å². The molecule has 0 unspecified atom stereocenters. The maximum atomic E-state index is 3.28. The summed E-state index contributed by atoms with van der Waals surface area (Å²) < 4.78 is 0. The summed E-state index contributed by atoms with van der Waals surface area (Å²) in [5, 5.41) is 3.28. The minimum Gasteiger partial charge on any atom is -0.371 e. The highest BCUT2D eigenvalue weighted by Crippen LogP contribution is 2.26. The Morgan fingerprint density at radius 2 is 2.00 bits per heavy atom. The van der Waals surface area contributed by atoms with Crippen molar-refractivity contribution in [1.82, 2.24) is 10.2 Å². The number of anilines is 1. The number of rotatable bonds is 4. The lowest BCUT2D eigenvalue weighted by Gasteiger charge is -2.37. The van der Waals surface area contributed by atoms with E-state index in [2.05, 4.69) is 54.3 Å². The van der Waals surface area contributed by atoms with Gasteiger partial charge in [0.2, 0.25) is 0 Å². The van der Waals surface area contributed by atoms with Crippen LogP contribution < -0.4 is 10.2 Å². The van der Waals surface area contributed by atoms with Gasteiger partial charge in [-0.2, -0.15) is 0 Å². The van der Waals surface area contributed by atoms with Crippen LogP contribution in [0.4, 0.5) is 5.69 Å². The first-order valence-electron chi connectivity index (χ1n) is 7.27. The summed E-state index contributed by atoms with van der Waals surface area (Å²) in [5.74, 6) is 0. The van der Waals surface area contributed by atoms with Gasteiger partial charge in [0.05, 0.1) is 0 Å². The van der Waals surface area contributed by atoms with Crippen LogP contribution in [-0.4, -0.2) is 45.2 Å². The minimum atomic E-state index is 0.675. The fourth-order valence-electron chi connectivity index (χ4n) is 2.97. The molecule has 0 amide bonds. The second-order valence-electron chi connectivity index (χ2n) is 5.81. The lowest BCUT2D eigenvalue weighted by molar-refractivity contribution is 0.252. The lowest BCUT2D eigenvalue weighted by Crippen LogP contribution is -2.42. The third kappa shape index (κ3) is 3.48. The van der Waals surface area contributed by atoms with Crippen LogP contribution in [0.1, 0.15) is 24.0 Å². The number of likely N-dealkylation sites (tertiary alicyclic amines) is 1. The molecule has 2 rings (SSSR count). The van der Waals surface area contributed by atoms with Crippen molar-refractivity contribution in [2.45, 2.75) is 32.4 Å². The molecule has 1 aliphatic rings. The Balaban J connectivity index is 2.15. The zero-order chi connectivity index (χ0) is 13.8. The summed E-state index contributed by atoms with van der Waals surface area (Å²) in [7, 11) is 6.48.